The van der Waals surface area contributed by atoms with Crippen molar-refractivity contribution in [3.8, 4) is 0 Å². The zero-order valence-corrected chi connectivity index (χ0v) is 13.4. The molecule has 104 valence electrons. The first-order valence-electron chi connectivity index (χ1n) is 6.14. The lowest BCUT2D eigenvalue weighted by molar-refractivity contribution is -0.115. The summed E-state index contributed by atoms with van der Waals surface area (Å²) < 4.78 is 0.905. The second kappa shape index (κ2) is 6.81. The highest BCUT2D eigenvalue weighted by Gasteiger charge is 2.15. The van der Waals surface area contributed by atoms with Crippen molar-refractivity contribution in [3.63, 3.8) is 0 Å². The number of hydrogen-bond acceptors (Lipinski definition) is 3. The van der Waals surface area contributed by atoms with Crippen LogP contribution in [0.25, 0.3) is 0 Å². The van der Waals surface area contributed by atoms with E-state index in [1.54, 1.807) is 0 Å². The minimum absolute atomic E-state index is 0.0232. The van der Waals surface area contributed by atoms with Crippen LogP contribution in [0.5, 0.6) is 0 Å². The molecule has 2 rings (SSSR count). The number of nitrogens with one attached hydrogen (secondary N) is 1. The number of benzene rings is 2. The van der Waals surface area contributed by atoms with Gasteiger partial charge in [-0.05, 0) is 53.2 Å². The second-order valence-corrected chi connectivity index (χ2v) is 6.54. The maximum absolute atomic E-state index is 12.1. The van der Waals surface area contributed by atoms with E-state index in [1.165, 1.54) is 11.8 Å². The van der Waals surface area contributed by atoms with Gasteiger partial charge in [-0.2, -0.15) is 0 Å². The van der Waals surface area contributed by atoms with Gasteiger partial charge in [-0.25, -0.2) is 0 Å². The molecular formula is C15H15BrN2OS. The maximum Gasteiger partial charge on any atom is 0.237 e. The minimum atomic E-state index is -0.199. The predicted octanol–water partition coefficient (Wildman–Crippen LogP) is 4.15. The quantitative estimate of drug-likeness (QED) is 0.643. The molecule has 5 heteroatoms. The number of nitrogen functional groups attached to an aromatic ring is 1. The van der Waals surface area contributed by atoms with Crippen LogP contribution in [0.2, 0.25) is 0 Å². The summed E-state index contributed by atoms with van der Waals surface area (Å²) in [5, 5.41) is 2.69. The fourth-order valence-electron chi connectivity index (χ4n) is 1.62. The van der Waals surface area contributed by atoms with Crippen LogP contribution in [-0.4, -0.2) is 11.2 Å². The summed E-state index contributed by atoms with van der Waals surface area (Å²) in [5.74, 6) is -0.0232. The number of amides is 1. The van der Waals surface area contributed by atoms with E-state index in [1.807, 2.05) is 55.5 Å². The van der Waals surface area contributed by atoms with E-state index in [0.29, 0.717) is 5.69 Å². The summed E-state index contributed by atoms with van der Waals surface area (Å²) in [7, 11) is 0. The van der Waals surface area contributed by atoms with E-state index in [0.717, 1.165) is 15.1 Å². The Morgan fingerprint density at radius 2 is 1.95 bits per heavy atom. The van der Waals surface area contributed by atoms with Crippen LogP contribution in [0, 0.1) is 0 Å². The molecule has 1 unspecified atom stereocenters. The fourth-order valence-corrected chi connectivity index (χ4v) is 3.16. The van der Waals surface area contributed by atoms with Gasteiger partial charge in [0.1, 0.15) is 0 Å². The van der Waals surface area contributed by atoms with Crippen LogP contribution in [-0.2, 0) is 4.79 Å². The summed E-state index contributed by atoms with van der Waals surface area (Å²) in [4.78, 5) is 13.1. The number of carbonyl (C=O) groups excluding carboxylic acids is 1. The van der Waals surface area contributed by atoms with Gasteiger partial charge in [0.05, 0.1) is 5.25 Å². The summed E-state index contributed by atoms with van der Waals surface area (Å²) >= 11 is 4.95. The zero-order valence-electron chi connectivity index (χ0n) is 11.0. The Hall–Kier alpha value is -1.46. The van der Waals surface area contributed by atoms with E-state index in [9.17, 15) is 4.79 Å². The average molecular weight is 351 g/mol. The molecule has 1 atom stereocenters. The average Bonchev–Trinajstić information content (AvgIpc) is 2.43. The Morgan fingerprint density at radius 1 is 1.25 bits per heavy atom. The molecule has 3 N–H and O–H groups in total. The number of anilines is 2. The van der Waals surface area contributed by atoms with Gasteiger partial charge in [-0.1, -0.05) is 18.2 Å². The van der Waals surface area contributed by atoms with E-state index in [-0.39, 0.29) is 11.2 Å². The predicted molar refractivity (Wildman–Crippen MR) is 88.9 cm³/mol. The van der Waals surface area contributed by atoms with Gasteiger partial charge in [0.15, 0.2) is 0 Å². The summed E-state index contributed by atoms with van der Waals surface area (Å²) in [5.41, 5.74) is 7.21. The van der Waals surface area contributed by atoms with Crippen LogP contribution < -0.4 is 11.1 Å². The molecule has 0 radical (unpaired) electrons. The number of para-hydroxylation sites is 1. The number of rotatable bonds is 4. The molecule has 0 saturated carbocycles. The Bertz CT molecular complexity index is 604. The van der Waals surface area contributed by atoms with Crippen LogP contribution in [0.3, 0.4) is 0 Å². The van der Waals surface area contributed by atoms with E-state index in [2.05, 4.69) is 21.2 Å². The third-order valence-corrected chi connectivity index (χ3v) is 4.77. The van der Waals surface area contributed by atoms with Crippen LogP contribution in [0.4, 0.5) is 11.4 Å². The van der Waals surface area contributed by atoms with Gasteiger partial charge >= 0.3 is 0 Å². The minimum Gasteiger partial charge on any atom is -0.399 e. The van der Waals surface area contributed by atoms with Crippen molar-refractivity contribution in [3.05, 3.63) is 53.0 Å². The molecule has 0 heterocycles. The normalized spacial score (nSPS) is 11.9. The monoisotopic (exact) mass is 350 g/mol. The summed E-state index contributed by atoms with van der Waals surface area (Å²) in [6.07, 6.45) is 0. The third-order valence-electron chi connectivity index (χ3n) is 2.67. The SMILES string of the molecule is CC(Sc1ccc(N)cc1Br)C(=O)Nc1ccccc1. The van der Waals surface area contributed by atoms with Crippen molar-refractivity contribution in [1.82, 2.24) is 0 Å². The molecule has 0 bridgehead atoms. The van der Waals surface area contributed by atoms with Gasteiger partial charge in [-0.15, -0.1) is 11.8 Å². The first-order valence-corrected chi connectivity index (χ1v) is 7.81. The van der Waals surface area contributed by atoms with Crippen molar-refractivity contribution in [2.45, 2.75) is 17.1 Å². The lowest BCUT2D eigenvalue weighted by atomic mass is 10.3. The molecule has 0 saturated heterocycles. The fraction of sp³-hybridized carbons (Fsp3) is 0.133. The van der Waals surface area contributed by atoms with Crippen molar-refractivity contribution >= 4 is 45.0 Å². The molecule has 0 spiro atoms. The maximum atomic E-state index is 12.1. The highest BCUT2D eigenvalue weighted by molar-refractivity contribution is 9.10. The second-order valence-electron chi connectivity index (χ2n) is 4.31. The van der Waals surface area contributed by atoms with Crippen molar-refractivity contribution in [2.75, 3.05) is 11.1 Å². The van der Waals surface area contributed by atoms with Crippen LogP contribution >= 0.6 is 27.7 Å². The van der Waals surface area contributed by atoms with Gasteiger partial charge in [0, 0.05) is 20.7 Å². The molecule has 2 aromatic carbocycles. The van der Waals surface area contributed by atoms with Crippen LogP contribution in [0.1, 0.15) is 6.92 Å². The number of thioether (sulfide) groups is 1. The molecule has 0 fully saturated rings. The van der Waals surface area contributed by atoms with Crippen molar-refractivity contribution < 1.29 is 4.79 Å². The molecule has 0 aliphatic carbocycles. The molecule has 1 amide bonds. The molecule has 0 aromatic heterocycles. The lowest BCUT2D eigenvalue weighted by Gasteiger charge is -2.13. The van der Waals surface area contributed by atoms with E-state index in [4.69, 9.17) is 5.73 Å². The zero-order chi connectivity index (χ0) is 14.5. The summed E-state index contributed by atoms with van der Waals surface area (Å²) in [6.45, 7) is 1.88. The number of hydrogen-bond donors (Lipinski definition) is 2. The van der Waals surface area contributed by atoms with Gasteiger partial charge in [-0.3, -0.25) is 4.79 Å². The van der Waals surface area contributed by atoms with Crippen molar-refractivity contribution in [2.24, 2.45) is 0 Å². The largest absolute Gasteiger partial charge is 0.399 e. The topological polar surface area (TPSA) is 55.1 Å². The molecule has 0 aliphatic rings. The number of halogens is 1. The Kier molecular flexibility index (Phi) is 5.09. The molecular weight excluding hydrogens is 336 g/mol. The Balaban J connectivity index is 2.00. The molecule has 0 aliphatic heterocycles. The standard InChI is InChI=1S/C15H15BrN2OS/c1-10(15(19)18-12-5-3-2-4-6-12)20-14-8-7-11(17)9-13(14)16/h2-10H,17H2,1H3,(H,18,19). The first kappa shape index (κ1) is 14.9. The Labute approximate surface area is 131 Å². The smallest absolute Gasteiger partial charge is 0.237 e. The highest BCUT2D eigenvalue weighted by atomic mass is 79.9. The third kappa shape index (κ3) is 4.02. The van der Waals surface area contributed by atoms with E-state index < -0.39 is 0 Å². The first-order chi connectivity index (χ1) is 9.56. The van der Waals surface area contributed by atoms with E-state index >= 15 is 0 Å². The van der Waals surface area contributed by atoms with Crippen LogP contribution in [0.15, 0.2) is 57.9 Å². The van der Waals surface area contributed by atoms with Gasteiger partial charge in [0.25, 0.3) is 0 Å². The summed E-state index contributed by atoms with van der Waals surface area (Å²) in [6, 6.07) is 15.0. The van der Waals surface area contributed by atoms with Gasteiger partial charge < -0.3 is 11.1 Å². The molecule has 3 nitrogen and oxygen atoms in total. The molecule has 20 heavy (non-hydrogen) atoms. The number of carbonyl (C=O) groups is 1. The molecule has 2 aromatic rings. The Morgan fingerprint density at radius 3 is 2.60 bits per heavy atom. The lowest BCUT2D eigenvalue weighted by Crippen LogP contribution is -2.22. The van der Waals surface area contributed by atoms with Gasteiger partial charge in [0.2, 0.25) is 5.91 Å². The van der Waals surface area contributed by atoms with Crippen molar-refractivity contribution in [1.29, 1.82) is 0 Å². The highest BCUT2D eigenvalue weighted by Crippen LogP contribution is 2.32. The number of nitrogens with two attached hydrogens (primary N) is 1.